The van der Waals surface area contributed by atoms with Crippen molar-refractivity contribution in [3.05, 3.63) is 58.6 Å². The van der Waals surface area contributed by atoms with Crippen LogP contribution in [0.25, 0.3) is 0 Å². The van der Waals surface area contributed by atoms with E-state index in [9.17, 15) is 9.59 Å². The smallest absolute Gasteiger partial charge is 0.256 e. The van der Waals surface area contributed by atoms with Crippen molar-refractivity contribution in [1.82, 2.24) is 4.90 Å². The minimum atomic E-state index is -0.238. The molecule has 0 aliphatic carbocycles. The number of amides is 2. The van der Waals surface area contributed by atoms with E-state index in [1.54, 1.807) is 24.3 Å². The quantitative estimate of drug-likeness (QED) is 0.688. The summed E-state index contributed by atoms with van der Waals surface area (Å²) in [6, 6.07) is 12.6. The molecule has 2 aromatic rings. The second-order valence-electron chi connectivity index (χ2n) is 8.72. The van der Waals surface area contributed by atoms with E-state index in [0.29, 0.717) is 27.8 Å². The standard InChI is InChI=1S/C25H30ClN3O2/c1-18-10-14-29(15-11-18)25(31)22-17-21(8-9-23(22)28-12-3-2-4-13-28)27-24(30)19-6-5-7-20(26)16-19/h5-9,16-18H,2-4,10-15H2,1H3,(H,27,30). The minimum Gasteiger partial charge on any atom is -0.371 e. The minimum absolute atomic E-state index is 0.0614. The van der Waals surface area contributed by atoms with E-state index in [0.717, 1.165) is 57.5 Å². The predicted molar refractivity (Wildman–Crippen MR) is 126 cm³/mol. The molecule has 0 unspecified atom stereocenters. The second kappa shape index (κ2) is 9.73. The number of rotatable bonds is 4. The van der Waals surface area contributed by atoms with Crippen LogP contribution in [-0.4, -0.2) is 42.9 Å². The van der Waals surface area contributed by atoms with Crippen LogP contribution in [0.5, 0.6) is 0 Å². The topological polar surface area (TPSA) is 52.7 Å². The number of piperidine rings is 2. The molecule has 2 amide bonds. The maximum Gasteiger partial charge on any atom is 0.256 e. The Morgan fingerprint density at radius 2 is 1.71 bits per heavy atom. The van der Waals surface area contributed by atoms with Gasteiger partial charge in [0.15, 0.2) is 0 Å². The van der Waals surface area contributed by atoms with Gasteiger partial charge < -0.3 is 15.1 Å². The number of benzene rings is 2. The van der Waals surface area contributed by atoms with Crippen molar-refractivity contribution in [3.8, 4) is 0 Å². The van der Waals surface area contributed by atoms with Gasteiger partial charge in [-0.05, 0) is 74.4 Å². The average Bonchev–Trinajstić information content (AvgIpc) is 2.79. The Morgan fingerprint density at radius 1 is 0.968 bits per heavy atom. The lowest BCUT2D eigenvalue weighted by Gasteiger charge is -2.34. The molecule has 1 N–H and O–H groups in total. The van der Waals surface area contributed by atoms with Gasteiger partial charge in [0, 0.05) is 48.1 Å². The Labute approximate surface area is 189 Å². The lowest BCUT2D eigenvalue weighted by Crippen LogP contribution is -2.39. The first-order valence-electron chi connectivity index (χ1n) is 11.3. The van der Waals surface area contributed by atoms with Crippen molar-refractivity contribution in [2.24, 2.45) is 5.92 Å². The first kappa shape index (κ1) is 21.7. The van der Waals surface area contributed by atoms with Gasteiger partial charge in [-0.1, -0.05) is 24.6 Å². The maximum absolute atomic E-state index is 13.5. The zero-order chi connectivity index (χ0) is 21.8. The summed E-state index contributed by atoms with van der Waals surface area (Å²) in [4.78, 5) is 30.5. The number of nitrogens with one attached hydrogen (secondary N) is 1. The molecule has 2 saturated heterocycles. The summed E-state index contributed by atoms with van der Waals surface area (Å²) in [6.45, 7) is 5.75. The van der Waals surface area contributed by atoms with Crippen LogP contribution in [0.2, 0.25) is 5.02 Å². The normalized spacial score (nSPS) is 17.5. The number of hydrogen-bond acceptors (Lipinski definition) is 3. The van der Waals surface area contributed by atoms with Crippen LogP contribution in [-0.2, 0) is 0 Å². The molecule has 0 aromatic heterocycles. The summed E-state index contributed by atoms with van der Waals surface area (Å²) < 4.78 is 0. The lowest BCUT2D eigenvalue weighted by molar-refractivity contribution is 0.0697. The molecule has 0 radical (unpaired) electrons. The molecule has 0 spiro atoms. The molecular weight excluding hydrogens is 410 g/mol. The van der Waals surface area contributed by atoms with E-state index in [-0.39, 0.29) is 11.8 Å². The number of likely N-dealkylation sites (tertiary alicyclic amines) is 1. The molecule has 4 rings (SSSR count). The Bertz CT molecular complexity index is 948. The first-order valence-corrected chi connectivity index (χ1v) is 11.6. The summed E-state index contributed by atoms with van der Waals surface area (Å²) in [7, 11) is 0. The third-order valence-electron chi connectivity index (χ3n) is 6.34. The van der Waals surface area contributed by atoms with Crippen molar-refractivity contribution in [2.45, 2.75) is 39.0 Å². The van der Waals surface area contributed by atoms with E-state index in [1.165, 1.54) is 6.42 Å². The highest BCUT2D eigenvalue weighted by atomic mass is 35.5. The van der Waals surface area contributed by atoms with Gasteiger partial charge in [0.05, 0.1) is 5.56 Å². The van der Waals surface area contributed by atoms with Crippen LogP contribution in [0.1, 0.15) is 59.7 Å². The molecule has 2 aromatic carbocycles. The molecule has 0 bridgehead atoms. The monoisotopic (exact) mass is 439 g/mol. The zero-order valence-corrected chi connectivity index (χ0v) is 18.8. The number of anilines is 2. The lowest BCUT2D eigenvalue weighted by atomic mass is 9.98. The predicted octanol–water partition coefficient (Wildman–Crippen LogP) is 5.45. The number of halogens is 1. The van der Waals surface area contributed by atoms with Crippen LogP contribution in [0.15, 0.2) is 42.5 Å². The van der Waals surface area contributed by atoms with E-state index in [2.05, 4.69) is 17.1 Å². The van der Waals surface area contributed by atoms with E-state index < -0.39 is 0 Å². The SMILES string of the molecule is CC1CCN(C(=O)c2cc(NC(=O)c3cccc(Cl)c3)ccc2N2CCCCC2)CC1. The highest BCUT2D eigenvalue weighted by molar-refractivity contribution is 6.31. The number of nitrogens with zero attached hydrogens (tertiary/aromatic N) is 2. The Kier molecular flexibility index (Phi) is 6.81. The van der Waals surface area contributed by atoms with Crippen molar-refractivity contribution in [3.63, 3.8) is 0 Å². The third kappa shape index (κ3) is 5.21. The van der Waals surface area contributed by atoms with Crippen LogP contribution < -0.4 is 10.2 Å². The fourth-order valence-corrected chi connectivity index (χ4v) is 4.60. The van der Waals surface area contributed by atoms with Crippen LogP contribution >= 0.6 is 11.6 Å². The van der Waals surface area contributed by atoms with E-state index in [1.807, 2.05) is 23.1 Å². The van der Waals surface area contributed by atoms with Gasteiger partial charge >= 0.3 is 0 Å². The second-order valence-corrected chi connectivity index (χ2v) is 9.16. The highest BCUT2D eigenvalue weighted by Gasteiger charge is 2.26. The molecule has 164 valence electrons. The summed E-state index contributed by atoms with van der Waals surface area (Å²) in [6.07, 6.45) is 5.59. The van der Waals surface area contributed by atoms with Crippen LogP contribution in [0, 0.1) is 5.92 Å². The van der Waals surface area contributed by atoms with Gasteiger partial charge in [-0.25, -0.2) is 0 Å². The van der Waals surface area contributed by atoms with Crippen molar-refractivity contribution in [2.75, 3.05) is 36.4 Å². The molecule has 2 aliphatic rings. The van der Waals surface area contributed by atoms with E-state index >= 15 is 0 Å². The number of carbonyl (C=O) groups is 2. The fourth-order valence-electron chi connectivity index (χ4n) is 4.41. The molecule has 31 heavy (non-hydrogen) atoms. The van der Waals surface area contributed by atoms with Gasteiger partial charge in [-0.15, -0.1) is 0 Å². The summed E-state index contributed by atoms with van der Waals surface area (Å²) >= 11 is 6.03. The highest BCUT2D eigenvalue weighted by Crippen LogP contribution is 2.30. The fraction of sp³-hybridized carbons (Fsp3) is 0.440. The molecule has 2 aliphatic heterocycles. The Balaban J connectivity index is 1.61. The van der Waals surface area contributed by atoms with Gasteiger partial charge in [0.1, 0.15) is 0 Å². The average molecular weight is 440 g/mol. The third-order valence-corrected chi connectivity index (χ3v) is 6.57. The molecular formula is C25H30ClN3O2. The Hall–Kier alpha value is -2.53. The molecule has 2 heterocycles. The molecule has 5 nitrogen and oxygen atoms in total. The van der Waals surface area contributed by atoms with Crippen LogP contribution in [0.4, 0.5) is 11.4 Å². The van der Waals surface area contributed by atoms with Gasteiger partial charge in [0.25, 0.3) is 11.8 Å². The van der Waals surface area contributed by atoms with Crippen molar-refractivity contribution in [1.29, 1.82) is 0 Å². The van der Waals surface area contributed by atoms with Crippen molar-refractivity contribution < 1.29 is 9.59 Å². The zero-order valence-electron chi connectivity index (χ0n) is 18.1. The number of carbonyl (C=O) groups excluding carboxylic acids is 2. The van der Waals surface area contributed by atoms with Gasteiger partial charge in [-0.2, -0.15) is 0 Å². The number of hydrogen-bond donors (Lipinski definition) is 1. The summed E-state index contributed by atoms with van der Waals surface area (Å²) in [5.41, 5.74) is 2.77. The first-order chi connectivity index (χ1) is 15.0. The Morgan fingerprint density at radius 3 is 2.42 bits per heavy atom. The molecule has 0 saturated carbocycles. The maximum atomic E-state index is 13.5. The van der Waals surface area contributed by atoms with E-state index in [4.69, 9.17) is 11.6 Å². The van der Waals surface area contributed by atoms with Crippen molar-refractivity contribution >= 4 is 34.8 Å². The molecule has 6 heteroatoms. The summed E-state index contributed by atoms with van der Waals surface area (Å²) in [5.74, 6) is 0.485. The largest absolute Gasteiger partial charge is 0.371 e. The molecule has 2 fully saturated rings. The molecule has 0 atom stereocenters. The van der Waals surface area contributed by atoms with Crippen LogP contribution in [0.3, 0.4) is 0 Å². The van der Waals surface area contributed by atoms with Gasteiger partial charge in [0.2, 0.25) is 0 Å². The summed E-state index contributed by atoms with van der Waals surface area (Å²) in [5, 5.41) is 3.45. The van der Waals surface area contributed by atoms with Gasteiger partial charge in [-0.3, -0.25) is 9.59 Å².